The molecule has 1 heterocycles. The van der Waals surface area contributed by atoms with Crippen molar-refractivity contribution in [2.75, 3.05) is 13.6 Å². The Morgan fingerprint density at radius 3 is 2.75 bits per heavy atom. The lowest BCUT2D eigenvalue weighted by Crippen LogP contribution is -2.13. The predicted octanol–water partition coefficient (Wildman–Crippen LogP) is 5.33. The molecular formula is C17H20ClNS. The maximum Gasteiger partial charge on any atom is 0.0412 e. The number of thiophene rings is 1. The highest BCUT2D eigenvalue weighted by molar-refractivity contribution is 7.16. The Labute approximate surface area is 130 Å². The van der Waals surface area contributed by atoms with Crippen LogP contribution in [0.1, 0.15) is 18.7 Å². The lowest BCUT2D eigenvalue weighted by Gasteiger charge is -2.10. The molecule has 1 aromatic carbocycles. The first-order valence-electron chi connectivity index (χ1n) is 6.81. The second kappa shape index (κ2) is 7.07. The molecule has 1 aromatic heterocycles. The van der Waals surface area contributed by atoms with Crippen LogP contribution >= 0.6 is 22.9 Å². The summed E-state index contributed by atoms with van der Waals surface area (Å²) in [5.41, 5.74) is 2.61. The number of nitrogens with one attached hydrogen (secondary N) is 1. The Kier molecular flexibility index (Phi) is 5.41. The molecule has 0 atom stereocenters. The van der Waals surface area contributed by atoms with Crippen LogP contribution in [0.3, 0.4) is 0 Å². The third-order valence-electron chi connectivity index (χ3n) is 3.19. The van der Waals surface area contributed by atoms with Crippen molar-refractivity contribution < 1.29 is 0 Å². The number of halogens is 1. The summed E-state index contributed by atoms with van der Waals surface area (Å²) in [6.45, 7) is 5.39. The number of hydrogen-bond acceptors (Lipinski definition) is 2. The van der Waals surface area contributed by atoms with Gasteiger partial charge in [0.2, 0.25) is 0 Å². The Balaban J connectivity index is 2.26. The predicted molar refractivity (Wildman–Crippen MR) is 91.5 cm³/mol. The van der Waals surface area contributed by atoms with Crippen molar-refractivity contribution in [2.45, 2.75) is 13.8 Å². The van der Waals surface area contributed by atoms with Gasteiger partial charge in [0.15, 0.2) is 0 Å². The van der Waals surface area contributed by atoms with E-state index in [0.717, 1.165) is 11.6 Å². The molecule has 0 spiro atoms. The van der Waals surface area contributed by atoms with E-state index in [0.29, 0.717) is 5.92 Å². The van der Waals surface area contributed by atoms with Gasteiger partial charge >= 0.3 is 0 Å². The standard InChI is InChI=1S/C17H20ClNS/c1-12(2)14(11-19-3)10-16-7-8-17(20-16)13-5-4-6-15(18)9-13/h4-10,12,19H,11H2,1-3H3. The van der Waals surface area contributed by atoms with Crippen LogP contribution in [0.4, 0.5) is 0 Å². The van der Waals surface area contributed by atoms with E-state index in [1.807, 2.05) is 25.2 Å². The molecule has 106 valence electrons. The Morgan fingerprint density at radius 2 is 2.10 bits per heavy atom. The average molecular weight is 306 g/mol. The van der Waals surface area contributed by atoms with E-state index >= 15 is 0 Å². The summed E-state index contributed by atoms with van der Waals surface area (Å²) in [5.74, 6) is 0.555. The average Bonchev–Trinajstić information content (AvgIpc) is 2.87. The van der Waals surface area contributed by atoms with Crippen LogP contribution in [0.5, 0.6) is 0 Å². The first-order valence-corrected chi connectivity index (χ1v) is 8.00. The van der Waals surface area contributed by atoms with Gasteiger partial charge in [0.25, 0.3) is 0 Å². The molecule has 0 amide bonds. The largest absolute Gasteiger partial charge is 0.316 e. The molecule has 20 heavy (non-hydrogen) atoms. The highest BCUT2D eigenvalue weighted by Gasteiger charge is 2.06. The highest BCUT2D eigenvalue weighted by Crippen LogP contribution is 2.31. The van der Waals surface area contributed by atoms with E-state index < -0.39 is 0 Å². The number of rotatable bonds is 5. The van der Waals surface area contributed by atoms with Crippen molar-refractivity contribution in [3.63, 3.8) is 0 Å². The molecule has 0 fully saturated rings. The minimum Gasteiger partial charge on any atom is -0.316 e. The normalized spacial score (nSPS) is 12.2. The first-order chi connectivity index (χ1) is 9.60. The minimum absolute atomic E-state index is 0.555. The maximum absolute atomic E-state index is 6.05. The lowest BCUT2D eigenvalue weighted by atomic mass is 10.0. The van der Waals surface area contributed by atoms with E-state index in [1.165, 1.54) is 20.9 Å². The molecule has 1 N–H and O–H groups in total. The zero-order valence-electron chi connectivity index (χ0n) is 12.1. The molecular weight excluding hydrogens is 286 g/mol. The summed E-state index contributed by atoms with van der Waals surface area (Å²) in [5, 5.41) is 4.02. The molecule has 1 nitrogen and oxygen atoms in total. The maximum atomic E-state index is 6.05. The molecule has 0 saturated carbocycles. The van der Waals surface area contributed by atoms with Crippen molar-refractivity contribution in [1.82, 2.24) is 5.32 Å². The molecule has 0 aliphatic rings. The van der Waals surface area contributed by atoms with Gasteiger partial charge in [0.05, 0.1) is 0 Å². The zero-order chi connectivity index (χ0) is 14.5. The topological polar surface area (TPSA) is 12.0 Å². The highest BCUT2D eigenvalue weighted by atomic mass is 35.5. The van der Waals surface area contributed by atoms with Gasteiger partial charge < -0.3 is 5.32 Å². The smallest absolute Gasteiger partial charge is 0.0412 e. The van der Waals surface area contributed by atoms with Crippen LogP contribution in [-0.2, 0) is 0 Å². The van der Waals surface area contributed by atoms with Crippen molar-refractivity contribution in [1.29, 1.82) is 0 Å². The van der Waals surface area contributed by atoms with Gasteiger partial charge in [0.1, 0.15) is 0 Å². The monoisotopic (exact) mass is 305 g/mol. The lowest BCUT2D eigenvalue weighted by molar-refractivity contribution is 0.713. The van der Waals surface area contributed by atoms with E-state index in [4.69, 9.17) is 11.6 Å². The van der Waals surface area contributed by atoms with Gasteiger partial charge in [-0.2, -0.15) is 0 Å². The van der Waals surface area contributed by atoms with Gasteiger partial charge in [-0.1, -0.05) is 43.2 Å². The second-order valence-electron chi connectivity index (χ2n) is 5.12. The summed E-state index contributed by atoms with van der Waals surface area (Å²) >= 11 is 7.86. The third-order valence-corrected chi connectivity index (χ3v) is 4.50. The Morgan fingerprint density at radius 1 is 1.30 bits per heavy atom. The fraction of sp³-hybridized carbons (Fsp3) is 0.294. The van der Waals surface area contributed by atoms with Gasteiger partial charge in [-0.3, -0.25) is 0 Å². The molecule has 0 bridgehead atoms. The van der Waals surface area contributed by atoms with Crippen molar-refractivity contribution in [3.05, 3.63) is 51.9 Å². The van der Waals surface area contributed by atoms with Crippen LogP contribution in [0, 0.1) is 5.92 Å². The fourth-order valence-corrected chi connectivity index (χ4v) is 3.21. The summed E-state index contributed by atoms with van der Waals surface area (Å²) in [6.07, 6.45) is 2.29. The molecule has 0 unspecified atom stereocenters. The number of benzene rings is 1. The zero-order valence-corrected chi connectivity index (χ0v) is 13.7. The van der Waals surface area contributed by atoms with Crippen LogP contribution in [0.25, 0.3) is 16.5 Å². The molecule has 0 radical (unpaired) electrons. The minimum atomic E-state index is 0.555. The van der Waals surface area contributed by atoms with Crippen LogP contribution < -0.4 is 5.32 Å². The van der Waals surface area contributed by atoms with Crippen molar-refractivity contribution in [2.24, 2.45) is 5.92 Å². The Bertz CT molecular complexity index is 599. The van der Waals surface area contributed by atoms with E-state index in [9.17, 15) is 0 Å². The van der Waals surface area contributed by atoms with Gasteiger partial charge in [-0.15, -0.1) is 11.3 Å². The summed E-state index contributed by atoms with van der Waals surface area (Å²) in [7, 11) is 1.99. The van der Waals surface area contributed by atoms with E-state index in [1.54, 1.807) is 11.3 Å². The summed E-state index contributed by atoms with van der Waals surface area (Å²) in [4.78, 5) is 2.55. The SMILES string of the molecule is CNCC(=Cc1ccc(-c2cccc(Cl)c2)s1)C(C)C. The molecule has 0 aliphatic carbocycles. The van der Waals surface area contributed by atoms with Gasteiger partial charge in [0, 0.05) is 21.3 Å². The molecule has 0 saturated heterocycles. The van der Waals surface area contributed by atoms with Gasteiger partial charge in [-0.25, -0.2) is 0 Å². The molecule has 0 aliphatic heterocycles. The Hall–Kier alpha value is -1.09. The van der Waals surface area contributed by atoms with Crippen LogP contribution in [0.15, 0.2) is 42.0 Å². The second-order valence-corrected chi connectivity index (χ2v) is 6.67. The van der Waals surface area contributed by atoms with Crippen LogP contribution in [0.2, 0.25) is 5.02 Å². The fourth-order valence-electron chi connectivity index (χ4n) is 2.04. The summed E-state index contributed by atoms with van der Waals surface area (Å²) in [6, 6.07) is 12.4. The number of likely N-dealkylation sites (N-methyl/N-ethyl adjacent to an activating group) is 1. The van der Waals surface area contributed by atoms with E-state index in [-0.39, 0.29) is 0 Å². The molecule has 2 rings (SSSR count). The number of hydrogen-bond donors (Lipinski definition) is 1. The first kappa shape index (κ1) is 15.3. The molecule has 3 heteroatoms. The van der Waals surface area contributed by atoms with Crippen molar-refractivity contribution in [3.8, 4) is 10.4 Å². The summed E-state index contributed by atoms with van der Waals surface area (Å²) < 4.78 is 0. The van der Waals surface area contributed by atoms with Gasteiger partial charge in [-0.05, 0) is 48.9 Å². The quantitative estimate of drug-likeness (QED) is 0.787. The molecule has 2 aromatic rings. The van der Waals surface area contributed by atoms with Crippen LogP contribution in [-0.4, -0.2) is 13.6 Å². The van der Waals surface area contributed by atoms with Crippen molar-refractivity contribution >= 4 is 29.0 Å². The third kappa shape index (κ3) is 3.95. The van der Waals surface area contributed by atoms with E-state index in [2.05, 4.69) is 43.4 Å².